The fraction of sp³-hybridized carbons (Fsp3) is 0.133. The highest BCUT2D eigenvalue weighted by Gasteiger charge is 2.03. The van der Waals surface area contributed by atoms with E-state index in [1.54, 1.807) is 6.08 Å². The van der Waals surface area contributed by atoms with Crippen molar-refractivity contribution in [2.24, 2.45) is 0 Å². The van der Waals surface area contributed by atoms with Crippen LogP contribution in [-0.4, -0.2) is 16.2 Å². The minimum Gasteiger partial charge on any atom is -0.488 e. The number of hydrogen-bond acceptors (Lipinski definition) is 4. The van der Waals surface area contributed by atoms with Gasteiger partial charge in [-0.15, -0.1) is 11.3 Å². The van der Waals surface area contributed by atoms with Gasteiger partial charge in [-0.2, -0.15) is 0 Å². The van der Waals surface area contributed by atoms with Gasteiger partial charge in [-0.05, 0) is 29.2 Å². The average Bonchev–Trinajstić information content (AvgIpc) is 2.91. The molecule has 0 aliphatic carbocycles. The van der Waals surface area contributed by atoms with Crippen LogP contribution in [0.15, 0.2) is 41.8 Å². The van der Waals surface area contributed by atoms with Gasteiger partial charge in [0.1, 0.15) is 12.4 Å². The summed E-state index contributed by atoms with van der Waals surface area (Å²) in [6.45, 7) is 0.329. The molecule has 0 saturated heterocycles. The molecule has 0 bridgehead atoms. The predicted molar refractivity (Wildman–Crippen MR) is 77.7 cm³/mol. The largest absolute Gasteiger partial charge is 0.488 e. The Kier molecular flexibility index (Phi) is 4.92. The zero-order chi connectivity index (χ0) is 14.4. The molecule has 1 heterocycles. The van der Waals surface area contributed by atoms with E-state index in [-0.39, 0.29) is 6.61 Å². The number of rotatable bonds is 6. The third kappa shape index (κ3) is 3.94. The first kappa shape index (κ1) is 14.3. The zero-order valence-electron chi connectivity index (χ0n) is 10.7. The predicted octanol–water partition coefficient (Wildman–Crippen LogP) is 2.92. The second-order valence-electron chi connectivity index (χ2n) is 4.07. The molecule has 0 radical (unpaired) electrons. The van der Waals surface area contributed by atoms with Crippen molar-refractivity contribution in [3.63, 3.8) is 0 Å². The van der Waals surface area contributed by atoms with Crippen molar-refractivity contribution in [1.29, 1.82) is 0 Å². The molecule has 0 fully saturated rings. The number of aliphatic hydroxyl groups is 1. The van der Waals surface area contributed by atoms with Crippen LogP contribution < -0.4 is 4.74 Å². The Morgan fingerprint density at radius 2 is 2.15 bits per heavy atom. The Morgan fingerprint density at radius 1 is 1.35 bits per heavy atom. The molecule has 5 heteroatoms. The molecule has 0 saturated carbocycles. The fourth-order valence-electron chi connectivity index (χ4n) is 1.65. The maximum absolute atomic E-state index is 10.4. The molecular weight excluding hydrogens is 276 g/mol. The Bertz CT molecular complexity index is 616. The van der Waals surface area contributed by atoms with Crippen LogP contribution in [-0.2, 0) is 18.0 Å². The molecule has 4 nitrogen and oxygen atoms in total. The van der Waals surface area contributed by atoms with E-state index < -0.39 is 5.97 Å². The number of aliphatic hydroxyl groups excluding tert-OH is 1. The van der Waals surface area contributed by atoms with Gasteiger partial charge in [0, 0.05) is 16.5 Å². The van der Waals surface area contributed by atoms with Crippen LogP contribution in [0.3, 0.4) is 0 Å². The van der Waals surface area contributed by atoms with Gasteiger partial charge in [-0.1, -0.05) is 18.2 Å². The highest BCUT2D eigenvalue weighted by molar-refractivity contribution is 7.10. The lowest BCUT2D eigenvalue weighted by atomic mass is 10.2. The third-order valence-corrected chi connectivity index (χ3v) is 3.53. The first-order valence-electron chi connectivity index (χ1n) is 5.99. The van der Waals surface area contributed by atoms with E-state index in [0.717, 1.165) is 22.1 Å². The number of ether oxygens (including phenoxy) is 1. The van der Waals surface area contributed by atoms with Crippen LogP contribution >= 0.6 is 11.3 Å². The summed E-state index contributed by atoms with van der Waals surface area (Å²) in [5, 5.41) is 19.6. The van der Waals surface area contributed by atoms with Crippen LogP contribution in [0, 0.1) is 0 Å². The molecule has 2 aromatic rings. The zero-order valence-corrected chi connectivity index (χ0v) is 11.5. The first-order chi connectivity index (χ1) is 9.69. The molecule has 0 aliphatic rings. The molecule has 104 valence electrons. The Labute approximate surface area is 120 Å². The SMILES string of the molecule is O=C(O)C=Cc1csc(COc2ccccc2CO)c1. The second kappa shape index (κ2) is 6.88. The lowest BCUT2D eigenvalue weighted by Crippen LogP contribution is -1.96. The number of aliphatic carboxylic acids is 1. The quantitative estimate of drug-likeness (QED) is 0.803. The Hall–Kier alpha value is -2.11. The maximum Gasteiger partial charge on any atom is 0.328 e. The van der Waals surface area contributed by atoms with E-state index in [4.69, 9.17) is 9.84 Å². The topological polar surface area (TPSA) is 66.8 Å². The van der Waals surface area contributed by atoms with Crippen molar-refractivity contribution in [3.05, 3.63) is 57.8 Å². The molecule has 2 N–H and O–H groups in total. The first-order valence-corrected chi connectivity index (χ1v) is 6.87. The fourth-order valence-corrected chi connectivity index (χ4v) is 2.42. The molecule has 20 heavy (non-hydrogen) atoms. The Morgan fingerprint density at radius 3 is 2.90 bits per heavy atom. The van der Waals surface area contributed by atoms with Gasteiger partial charge in [0.2, 0.25) is 0 Å². The third-order valence-electron chi connectivity index (χ3n) is 2.61. The van der Waals surface area contributed by atoms with E-state index in [9.17, 15) is 9.90 Å². The summed E-state index contributed by atoms with van der Waals surface area (Å²) < 4.78 is 5.66. The molecular formula is C15H14O4S. The van der Waals surface area contributed by atoms with Crippen molar-refractivity contribution >= 4 is 23.4 Å². The monoisotopic (exact) mass is 290 g/mol. The number of carboxylic acids is 1. The molecule has 2 rings (SSSR count). The maximum atomic E-state index is 10.4. The van der Waals surface area contributed by atoms with Crippen molar-refractivity contribution < 1.29 is 19.7 Å². The summed E-state index contributed by atoms with van der Waals surface area (Å²) >= 11 is 1.50. The smallest absolute Gasteiger partial charge is 0.328 e. The van der Waals surface area contributed by atoms with Crippen LogP contribution in [0.25, 0.3) is 6.08 Å². The molecule has 1 aromatic heterocycles. The van der Waals surface area contributed by atoms with Gasteiger partial charge in [0.05, 0.1) is 6.61 Å². The molecule has 0 spiro atoms. The van der Waals surface area contributed by atoms with E-state index in [1.807, 2.05) is 35.7 Å². The summed E-state index contributed by atoms with van der Waals surface area (Å²) in [5.74, 6) is -0.308. The molecule has 0 unspecified atom stereocenters. The standard InChI is InChI=1S/C15H14O4S/c16-8-12-3-1-2-4-14(12)19-9-13-7-11(10-20-13)5-6-15(17)18/h1-7,10,16H,8-9H2,(H,17,18). The summed E-state index contributed by atoms with van der Waals surface area (Å²) in [4.78, 5) is 11.4. The van der Waals surface area contributed by atoms with Crippen LogP contribution in [0.5, 0.6) is 5.75 Å². The van der Waals surface area contributed by atoms with Crippen molar-refractivity contribution in [2.75, 3.05) is 0 Å². The van der Waals surface area contributed by atoms with Crippen molar-refractivity contribution in [3.8, 4) is 5.75 Å². The number of hydrogen-bond donors (Lipinski definition) is 2. The Balaban J connectivity index is 1.99. The molecule has 0 atom stereocenters. The van der Waals surface area contributed by atoms with Gasteiger partial charge in [0.25, 0.3) is 0 Å². The average molecular weight is 290 g/mol. The lowest BCUT2D eigenvalue weighted by Gasteiger charge is -2.08. The second-order valence-corrected chi connectivity index (χ2v) is 5.07. The summed E-state index contributed by atoms with van der Waals surface area (Å²) in [6, 6.07) is 9.20. The highest BCUT2D eigenvalue weighted by Crippen LogP contribution is 2.22. The normalized spacial score (nSPS) is 10.8. The van der Waals surface area contributed by atoms with Crippen LogP contribution in [0.4, 0.5) is 0 Å². The summed E-state index contributed by atoms with van der Waals surface area (Å²) in [6.07, 6.45) is 2.65. The van der Waals surface area contributed by atoms with Crippen molar-refractivity contribution in [2.45, 2.75) is 13.2 Å². The summed E-state index contributed by atoms with van der Waals surface area (Å²) in [7, 11) is 0. The van der Waals surface area contributed by atoms with Gasteiger partial charge < -0.3 is 14.9 Å². The van der Waals surface area contributed by atoms with Crippen molar-refractivity contribution in [1.82, 2.24) is 0 Å². The number of para-hydroxylation sites is 1. The lowest BCUT2D eigenvalue weighted by molar-refractivity contribution is -0.131. The summed E-state index contributed by atoms with van der Waals surface area (Å²) in [5.41, 5.74) is 1.58. The number of carbonyl (C=O) groups is 1. The van der Waals surface area contributed by atoms with Crippen LogP contribution in [0.2, 0.25) is 0 Å². The molecule has 0 amide bonds. The minimum absolute atomic E-state index is 0.0623. The van der Waals surface area contributed by atoms with E-state index in [0.29, 0.717) is 12.4 Å². The number of benzene rings is 1. The number of carboxylic acid groups (broad SMARTS) is 1. The van der Waals surface area contributed by atoms with Gasteiger partial charge in [-0.25, -0.2) is 4.79 Å². The van der Waals surface area contributed by atoms with Gasteiger partial charge in [0.15, 0.2) is 0 Å². The van der Waals surface area contributed by atoms with Gasteiger partial charge >= 0.3 is 5.97 Å². The molecule has 1 aromatic carbocycles. The van der Waals surface area contributed by atoms with Gasteiger partial charge in [-0.3, -0.25) is 0 Å². The van der Waals surface area contributed by atoms with E-state index in [1.165, 1.54) is 11.3 Å². The highest BCUT2D eigenvalue weighted by atomic mass is 32.1. The van der Waals surface area contributed by atoms with Crippen LogP contribution in [0.1, 0.15) is 16.0 Å². The minimum atomic E-state index is -0.967. The van der Waals surface area contributed by atoms with E-state index in [2.05, 4.69) is 0 Å². The molecule has 0 aliphatic heterocycles. The van der Waals surface area contributed by atoms with E-state index >= 15 is 0 Å². The number of thiophene rings is 1.